The Kier molecular flexibility index (Phi) is 7.37. The third kappa shape index (κ3) is 5.89. The number of nitrogens with one attached hydrogen (secondary N) is 1. The monoisotopic (exact) mass is 473 g/mol. The van der Waals surface area contributed by atoms with E-state index in [1.54, 1.807) is 18.2 Å². The molecular weight excluding hydrogens is 450 g/mol. The molecule has 4 rings (SSSR count). The van der Waals surface area contributed by atoms with Crippen LogP contribution in [0.1, 0.15) is 16.8 Å². The Hall–Kier alpha value is -3.94. The SMILES string of the molecule is Nc1nc(N)c(-c2ccc(NC(=O)Cc3ccccc3Cl)cc2)c(COCc2ccccc2)n1. The molecule has 172 valence electrons. The Balaban J connectivity index is 1.47. The number of amides is 1. The van der Waals surface area contributed by atoms with Gasteiger partial charge in [-0.15, -0.1) is 0 Å². The number of halogens is 1. The Bertz CT molecular complexity index is 1280. The third-order valence-electron chi connectivity index (χ3n) is 5.15. The smallest absolute Gasteiger partial charge is 0.228 e. The Morgan fingerprint density at radius 2 is 1.59 bits per heavy atom. The van der Waals surface area contributed by atoms with Crippen molar-refractivity contribution in [1.29, 1.82) is 0 Å². The van der Waals surface area contributed by atoms with Gasteiger partial charge in [-0.1, -0.05) is 72.3 Å². The van der Waals surface area contributed by atoms with Crippen LogP contribution in [0.4, 0.5) is 17.5 Å². The van der Waals surface area contributed by atoms with E-state index in [-0.39, 0.29) is 30.7 Å². The summed E-state index contributed by atoms with van der Waals surface area (Å²) in [5, 5.41) is 3.45. The van der Waals surface area contributed by atoms with Crippen molar-refractivity contribution >= 4 is 35.0 Å². The van der Waals surface area contributed by atoms with Crippen LogP contribution in [0, 0.1) is 0 Å². The molecule has 0 unspecified atom stereocenters. The van der Waals surface area contributed by atoms with Crippen LogP contribution in [0.5, 0.6) is 0 Å². The van der Waals surface area contributed by atoms with E-state index in [0.717, 1.165) is 16.7 Å². The van der Waals surface area contributed by atoms with Gasteiger partial charge in [-0.2, -0.15) is 4.98 Å². The zero-order chi connectivity index (χ0) is 23.9. The topological polar surface area (TPSA) is 116 Å². The summed E-state index contributed by atoms with van der Waals surface area (Å²) in [6.07, 6.45) is 0.184. The van der Waals surface area contributed by atoms with Crippen LogP contribution in [0.15, 0.2) is 78.9 Å². The number of hydrogen-bond donors (Lipinski definition) is 3. The zero-order valence-electron chi connectivity index (χ0n) is 18.4. The molecule has 4 aromatic rings. The van der Waals surface area contributed by atoms with Crippen LogP contribution in [-0.2, 0) is 29.2 Å². The van der Waals surface area contributed by atoms with Gasteiger partial charge in [-0.3, -0.25) is 4.79 Å². The second-order valence-corrected chi connectivity index (χ2v) is 8.07. The molecule has 1 amide bonds. The Labute approximate surface area is 202 Å². The average molecular weight is 474 g/mol. The molecule has 1 heterocycles. The van der Waals surface area contributed by atoms with E-state index < -0.39 is 0 Å². The number of ether oxygens (including phenoxy) is 1. The standard InChI is InChI=1S/C26H24ClN5O2/c27-21-9-5-4-8-19(21)14-23(33)30-20-12-10-18(11-13-20)24-22(31-26(29)32-25(24)28)16-34-15-17-6-2-1-3-7-17/h1-13H,14-16H2,(H,30,33)(H4,28,29,31,32). The molecule has 34 heavy (non-hydrogen) atoms. The predicted molar refractivity (Wildman–Crippen MR) is 135 cm³/mol. The van der Waals surface area contributed by atoms with E-state index in [4.69, 9.17) is 27.8 Å². The number of rotatable bonds is 8. The molecule has 0 bridgehead atoms. The highest BCUT2D eigenvalue weighted by Gasteiger charge is 2.15. The van der Waals surface area contributed by atoms with Crippen molar-refractivity contribution in [2.24, 2.45) is 0 Å². The number of carbonyl (C=O) groups excluding carboxylic acids is 1. The minimum absolute atomic E-state index is 0.0861. The van der Waals surface area contributed by atoms with Crippen LogP contribution in [0.25, 0.3) is 11.1 Å². The molecule has 0 aliphatic heterocycles. The molecule has 0 spiro atoms. The lowest BCUT2D eigenvalue weighted by Crippen LogP contribution is -2.14. The number of hydrogen-bond acceptors (Lipinski definition) is 6. The van der Waals surface area contributed by atoms with E-state index in [0.29, 0.717) is 28.6 Å². The molecule has 0 radical (unpaired) electrons. The van der Waals surface area contributed by atoms with Gasteiger partial charge in [0.2, 0.25) is 11.9 Å². The van der Waals surface area contributed by atoms with Gasteiger partial charge in [0.25, 0.3) is 0 Å². The minimum atomic E-state index is -0.161. The van der Waals surface area contributed by atoms with Gasteiger partial charge in [-0.25, -0.2) is 4.98 Å². The molecule has 0 fully saturated rings. The van der Waals surface area contributed by atoms with Crippen molar-refractivity contribution in [2.75, 3.05) is 16.8 Å². The Morgan fingerprint density at radius 1 is 0.882 bits per heavy atom. The molecular formula is C26H24ClN5O2. The molecule has 0 aliphatic rings. The molecule has 3 aromatic carbocycles. The highest BCUT2D eigenvalue weighted by molar-refractivity contribution is 6.31. The molecule has 5 N–H and O–H groups in total. The quantitative estimate of drug-likeness (QED) is 0.336. The van der Waals surface area contributed by atoms with Crippen LogP contribution >= 0.6 is 11.6 Å². The molecule has 8 heteroatoms. The first-order valence-corrected chi connectivity index (χ1v) is 11.0. The fourth-order valence-electron chi connectivity index (χ4n) is 3.55. The molecule has 1 aromatic heterocycles. The number of nitrogens with zero attached hydrogens (tertiary/aromatic N) is 2. The first-order chi connectivity index (χ1) is 16.5. The van der Waals surface area contributed by atoms with Crippen molar-refractivity contribution in [3.8, 4) is 11.1 Å². The van der Waals surface area contributed by atoms with E-state index >= 15 is 0 Å². The summed E-state index contributed by atoms with van der Waals surface area (Å²) in [6, 6.07) is 24.4. The maximum absolute atomic E-state index is 12.4. The van der Waals surface area contributed by atoms with Gasteiger partial charge in [-0.05, 0) is 34.9 Å². The number of anilines is 3. The zero-order valence-corrected chi connectivity index (χ0v) is 19.1. The summed E-state index contributed by atoms with van der Waals surface area (Å²) in [5.41, 5.74) is 16.5. The molecule has 0 saturated heterocycles. The second kappa shape index (κ2) is 10.8. The maximum Gasteiger partial charge on any atom is 0.228 e. The van der Waals surface area contributed by atoms with Crippen LogP contribution in [0.3, 0.4) is 0 Å². The van der Waals surface area contributed by atoms with E-state index in [1.165, 1.54) is 0 Å². The number of nitrogens with two attached hydrogens (primary N) is 2. The first-order valence-electron chi connectivity index (χ1n) is 10.7. The molecule has 0 aliphatic carbocycles. The lowest BCUT2D eigenvalue weighted by atomic mass is 10.0. The first kappa shape index (κ1) is 23.2. The van der Waals surface area contributed by atoms with Gasteiger partial charge >= 0.3 is 0 Å². The Morgan fingerprint density at radius 3 is 2.32 bits per heavy atom. The van der Waals surface area contributed by atoms with Crippen molar-refractivity contribution in [3.63, 3.8) is 0 Å². The van der Waals surface area contributed by atoms with Crippen LogP contribution in [-0.4, -0.2) is 15.9 Å². The van der Waals surface area contributed by atoms with Crippen LogP contribution in [0.2, 0.25) is 5.02 Å². The highest BCUT2D eigenvalue weighted by atomic mass is 35.5. The molecule has 7 nitrogen and oxygen atoms in total. The van der Waals surface area contributed by atoms with Crippen molar-refractivity contribution < 1.29 is 9.53 Å². The van der Waals surface area contributed by atoms with Crippen molar-refractivity contribution in [3.05, 3.63) is 101 Å². The van der Waals surface area contributed by atoms with E-state index in [9.17, 15) is 4.79 Å². The highest BCUT2D eigenvalue weighted by Crippen LogP contribution is 2.30. The van der Waals surface area contributed by atoms with E-state index in [2.05, 4.69) is 15.3 Å². The van der Waals surface area contributed by atoms with Crippen molar-refractivity contribution in [1.82, 2.24) is 9.97 Å². The molecule has 0 atom stereocenters. The lowest BCUT2D eigenvalue weighted by Gasteiger charge is -2.13. The van der Waals surface area contributed by atoms with Gasteiger partial charge in [0, 0.05) is 16.3 Å². The fraction of sp³-hybridized carbons (Fsp3) is 0.115. The lowest BCUT2D eigenvalue weighted by molar-refractivity contribution is -0.115. The minimum Gasteiger partial charge on any atom is -0.383 e. The normalized spacial score (nSPS) is 10.7. The number of aromatic nitrogens is 2. The number of benzene rings is 3. The van der Waals surface area contributed by atoms with Gasteiger partial charge < -0.3 is 21.5 Å². The summed E-state index contributed by atoms with van der Waals surface area (Å²) >= 11 is 6.15. The van der Waals surface area contributed by atoms with Gasteiger partial charge in [0.1, 0.15) is 5.82 Å². The van der Waals surface area contributed by atoms with Crippen LogP contribution < -0.4 is 16.8 Å². The van der Waals surface area contributed by atoms with Crippen molar-refractivity contribution in [2.45, 2.75) is 19.6 Å². The van der Waals surface area contributed by atoms with E-state index in [1.807, 2.05) is 60.7 Å². The number of carbonyl (C=O) groups is 1. The van der Waals surface area contributed by atoms with Gasteiger partial charge in [0.15, 0.2) is 0 Å². The second-order valence-electron chi connectivity index (χ2n) is 7.66. The average Bonchev–Trinajstić information content (AvgIpc) is 2.82. The predicted octanol–water partition coefficient (Wildman–Crippen LogP) is 4.86. The summed E-state index contributed by atoms with van der Waals surface area (Å²) in [5.74, 6) is 0.190. The maximum atomic E-state index is 12.4. The third-order valence-corrected chi connectivity index (χ3v) is 5.51. The largest absolute Gasteiger partial charge is 0.383 e. The fourth-order valence-corrected chi connectivity index (χ4v) is 3.75. The summed E-state index contributed by atoms with van der Waals surface area (Å²) in [4.78, 5) is 20.9. The summed E-state index contributed by atoms with van der Waals surface area (Å²) < 4.78 is 5.85. The summed E-state index contributed by atoms with van der Waals surface area (Å²) in [7, 11) is 0. The van der Waals surface area contributed by atoms with Gasteiger partial charge in [0.05, 0.1) is 25.3 Å². The number of nitrogen functional groups attached to an aromatic ring is 2. The summed E-state index contributed by atoms with van der Waals surface area (Å²) in [6.45, 7) is 0.651. The molecule has 0 saturated carbocycles.